The maximum atomic E-state index is 12.3. The number of benzene rings is 1. The van der Waals surface area contributed by atoms with E-state index >= 15 is 0 Å². The lowest BCUT2D eigenvalue weighted by Gasteiger charge is -2.26. The van der Waals surface area contributed by atoms with Gasteiger partial charge in [0, 0.05) is 13.1 Å². The van der Waals surface area contributed by atoms with Crippen molar-refractivity contribution in [3.05, 3.63) is 35.4 Å². The summed E-state index contributed by atoms with van der Waals surface area (Å²) in [6.07, 6.45) is 5.64. The highest BCUT2D eigenvalue weighted by Crippen LogP contribution is 2.16. The van der Waals surface area contributed by atoms with Gasteiger partial charge < -0.3 is 10.6 Å². The lowest BCUT2D eigenvalue weighted by Crippen LogP contribution is -2.48. The smallest absolute Gasteiger partial charge is 0.237 e. The Morgan fingerprint density at radius 2 is 2.10 bits per heavy atom. The van der Waals surface area contributed by atoms with Crippen LogP contribution in [0.4, 0.5) is 0 Å². The predicted octanol–water partition coefficient (Wildman–Crippen LogP) is 3.03. The molecule has 1 heterocycles. The molecule has 1 aromatic rings. The van der Waals surface area contributed by atoms with E-state index < -0.39 is 0 Å². The molecule has 0 aromatic heterocycles. The van der Waals surface area contributed by atoms with Crippen LogP contribution in [-0.2, 0) is 17.8 Å². The molecule has 2 rings (SSSR count). The summed E-state index contributed by atoms with van der Waals surface area (Å²) in [5.41, 5.74) is 2.62. The highest BCUT2D eigenvalue weighted by molar-refractivity contribution is 5.82. The van der Waals surface area contributed by atoms with E-state index in [1.54, 1.807) is 0 Å². The first-order valence-corrected chi connectivity index (χ1v) is 8.32. The minimum Gasteiger partial charge on any atom is -0.354 e. The first-order chi connectivity index (χ1) is 10.2. The zero-order chi connectivity index (χ0) is 15.1. The molecule has 21 heavy (non-hydrogen) atoms. The normalized spacial score (nSPS) is 18.9. The van der Waals surface area contributed by atoms with Crippen LogP contribution in [0.5, 0.6) is 0 Å². The van der Waals surface area contributed by atoms with E-state index in [2.05, 4.69) is 48.7 Å². The van der Waals surface area contributed by atoms with Crippen molar-refractivity contribution >= 4 is 5.91 Å². The first-order valence-electron chi connectivity index (χ1n) is 8.32. The fourth-order valence-electron chi connectivity index (χ4n) is 2.95. The summed E-state index contributed by atoms with van der Waals surface area (Å²) >= 11 is 0. The second kappa shape index (κ2) is 8.18. The van der Waals surface area contributed by atoms with Gasteiger partial charge in [-0.2, -0.15) is 0 Å². The molecule has 0 saturated heterocycles. The molecule has 0 aliphatic carbocycles. The maximum absolute atomic E-state index is 12.3. The van der Waals surface area contributed by atoms with Gasteiger partial charge in [0.15, 0.2) is 0 Å². The predicted molar refractivity (Wildman–Crippen MR) is 87.1 cm³/mol. The minimum atomic E-state index is -0.0800. The average Bonchev–Trinajstić information content (AvgIpc) is 2.54. The standard InChI is InChI=1S/C18H28N2O/c1-3-5-8-14(4-2)12-20-18(21)17-11-15-9-6-7-10-16(15)13-19-17/h6-7,9-10,14,17,19H,3-5,8,11-13H2,1-2H3,(H,20,21). The van der Waals surface area contributed by atoms with E-state index in [4.69, 9.17) is 0 Å². The molecule has 2 atom stereocenters. The molecule has 2 N–H and O–H groups in total. The quantitative estimate of drug-likeness (QED) is 0.809. The van der Waals surface area contributed by atoms with E-state index in [0.29, 0.717) is 5.92 Å². The summed E-state index contributed by atoms with van der Waals surface area (Å²) < 4.78 is 0. The topological polar surface area (TPSA) is 41.1 Å². The molecule has 116 valence electrons. The Bertz CT molecular complexity index is 458. The number of nitrogens with one attached hydrogen (secondary N) is 2. The Morgan fingerprint density at radius 3 is 2.81 bits per heavy atom. The van der Waals surface area contributed by atoms with Crippen LogP contribution in [0.1, 0.15) is 50.7 Å². The van der Waals surface area contributed by atoms with Crippen LogP contribution in [0, 0.1) is 5.92 Å². The van der Waals surface area contributed by atoms with Crippen LogP contribution >= 0.6 is 0 Å². The molecule has 3 nitrogen and oxygen atoms in total. The van der Waals surface area contributed by atoms with Crippen molar-refractivity contribution in [2.75, 3.05) is 6.54 Å². The van der Waals surface area contributed by atoms with Gasteiger partial charge in [-0.25, -0.2) is 0 Å². The SMILES string of the molecule is CCCCC(CC)CNC(=O)C1Cc2ccccc2CN1. The second-order valence-electron chi connectivity index (χ2n) is 6.07. The van der Waals surface area contributed by atoms with Gasteiger partial charge in [-0.05, 0) is 29.9 Å². The van der Waals surface area contributed by atoms with Crippen molar-refractivity contribution < 1.29 is 4.79 Å². The highest BCUT2D eigenvalue weighted by atomic mass is 16.2. The number of unbranched alkanes of at least 4 members (excludes halogenated alkanes) is 1. The molecule has 2 unspecified atom stereocenters. The fourth-order valence-corrected chi connectivity index (χ4v) is 2.95. The number of rotatable bonds is 7. The molecule has 3 heteroatoms. The van der Waals surface area contributed by atoms with E-state index in [1.807, 2.05) is 0 Å². The van der Waals surface area contributed by atoms with Gasteiger partial charge in [0.2, 0.25) is 5.91 Å². The Hall–Kier alpha value is -1.35. The summed E-state index contributed by atoms with van der Waals surface area (Å²) in [7, 11) is 0. The summed E-state index contributed by atoms with van der Waals surface area (Å²) in [6, 6.07) is 8.29. The molecule has 0 spiro atoms. The molecular formula is C18H28N2O. The van der Waals surface area contributed by atoms with Crippen molar-refractivity contribution in [3.8, 4) is 0 Å². The molecule has 0 radical (unpaired) electrons. The molecule has 0 saturated carbocycles. The van der Waals surface area contributed by atoms with Gasteiger partial charge in [0.05, 0.1) is 6.04 Å². The number of hydrogen-bond acceptors (Lipinski definition) is 2. The van der Waals surface area contributed by atoms with Crippen LogP contribution in [0.3, 0.4) is 0 Å². The molecule has 1 aliphatic rings. The van der Waals surface area contributed by atoms with Crippen LogP contribution in [0.15, 0.2) is 24.3 Å². The zero-order valence-electron chi connectivity index (χ0n) is 13.3. The van der Waals surface area contributed by atoms with Crippen molar-refractivity contribution in [1.82, 2.24) is 10.6 Å². The molecule has 0 bridgehead atoms. The largest absolute Gasteiger partial charge is 0.354 e. The molecular weight excluding hydrogens is 260 g/mol. The third-order valence-corrected chi connectivity index (χ3v) is 4.51. The third kappa shape index (κ3) is 4.57. The average molecular weight is 288 g/mol. The molecule has 1 aliphatic heterocycles. The zero-order valence-corrected chi connectivity index (χ0v) is 13.3. The summed E-state index contributed by atoms with van der Waals surface area (Å²) in [4.78, 5) is 12.3. The van der Waals surface area contributed by atoms with Crippen molar-refractivity contribution in [2.24, 2.45) is 5.92 Å². The van der Waals surface area contributed by atoms with Gasteiger partial charge >= 0.3 is 0 Å². The molecule has 0 fully saturated rings. The lowest BCUT2D eigenvalue weighted by molar-refractivity contribution is -0.123. The first kappa shape index (κ1) is 16.0. The number of carbonyl (C=O) groups excluding carboxylic acids is 1. The summed E-state index contributed by atoms with van der Waals surface area (Å²) in [6.45, 7) is 6.03. The lowest BCUT2D eigenvalue weighted by atomic mass is 9.95. The molecule has 1 aromatic carbocycles. The van der Waals surface area contributed by atoms with Crippen LogP contribution in [0.2, 0.25) is 0 Å². The van der Waals surface area contributed by atoms with E-state index in [0.717, 1.165) is 25.9 Å². The molecule has 1 amide bonds. The van der Waals surface area contributed by atoms with Crippen LogP contribution in [-0.4, -0.2) is 18.5 Å². The van der Waals surface area contributed by atoms with Gasteiger partial charge in [0.1, 0.15) is 0 Å². The highest BCUT2D eigenvalue weighted by Gasteiger charge is 2.23. The Kier molecular flexibility index (Phi) is 6.24. The number of amides is 1. The van der Waals surface area contributed by atoms with Gasteiger partial charge in [-0.15, -0.1) is 0 Å². The van der Waals surface area contributed by atoms with Gasteiger partial charge in [0.25, 0.3) is 0 Å². The number of fused-ring (bicyclic) bond motifs is 1. The summed E-state index contributed by atoms with van der Waals surface area (Å²) in [5.74, 6) is 0.768. The minimum absolute atomic E-state index is 0.0800. The van der Waals surface area contributed by atoms with Gasteiger partial charge in [-0.3, -0.25) is 4.79 Å². The maximum Gasteiger partial charge on any atom is 0.237 e. The van der Waals surface area contributed by atoms with Crippen molar-refractivity contribution in [1.29, 1.82) is 0 Å². The van der Waals surface area contributed by atoms with E-state index in [-0.39, 0.29) is 11.9 Å². The van der Waals surface area contributed by atoms with Crippen LogP contribution in [0.25, 0.3) is 0 Å². The Morgan fingerprint density at radius 1 is 1.33 bits per heavy atom. The Balaban J connectivity index is 1.82. The number of carbonyl (C=O) groups is 1. The fraction of sp³-hybridized carbons (Fsp3) is 0.611. The van der Waals surface area contributed by atoms with E-state index in [1.165, 1.54) is 30.4 Å². The van der Waals surface area contributed by atoms with Crippen molar-refractivity contribution in [3.63, 3.8) is 0 Å². The summed E-state index contributed by atoms with van der Waals surface area (Å²) in [5, 5.41) is 6.49. The number of hydrogen-bond donors (Lipinski definition) is 2. The third-order valence-electron chi connectivity index (χ3n) is 4.51. The van der Waals surface area contributed by atoms with Gasteiger partial charge in [-0.1, -0.05) is 57.4 Å². The van der Waals surface area contributed by atoms with Crippen LogP contribution < -0.4 is 10.6 Å². The van der Waals surface area contributed by atoms with E-state index in [9.17, 15) is 4.79 Å². The monoisotopic (exact) mass is 288 g/mol. The van der Waals surface area contributed by atoms with Crippen molar-refractivity contribution in [2.45, 2.75) is 58.5 Å². The second-order valence-corrected chi connectivity index (χ2v) is 6.07. The Labute approximate surface area is 128 Å².